The normalized spacial score (nSPS) is 16.5. The van der Waals surface area contributed by atoms with Crippen LogP contribution in [0.1, 0.15) is 18.4 Å². The third-order valence-corrected chi connectivity index (χ3v) is 6.33. The maximum atomic E-state index is 12.7. The summed E-state index contributed by atoms with van der Waals surface area (Å²) in [6, 6.07) is 14.8. The molecule has 8 heteroatoms. The molecule has 7 nitrogen and oxygen atoms in total. The fourth-order valence-corrected chi connectivity index (χ4v) is 4.39. The molecule has 0 amide bonds. The van der Waals surface area contributed by atoms with Gasteiger partial charge in [-0.05, 0) is 30.5 Å². The number of benzene rings is 2. The number of piperidine rings is 1. The second-order valence-electron chi connectivity index (χ2n) is 6.15. The molecule has 2 aromatic carbocycles. The van der Waals surface area contributed by atoms with Crippen LogP contribution in [0.2, 0.25) is 0 Å². The van der Waals surface area contributed by atoms with Crippen LogP contribution in [0, 0.1) is 10.1 Å². The molecule has 138 valence electrons. The van der Waals surface area contributed by atoms with E-state index in [0.717, 1.165) is 5.56 Å². The lowest BCUT2D eigenvalue weighted by molar-refractivity contribution is -0.384. The Kier molecular flexibility index (Phi) is 5.65. The second-order valence-corrected chi connectivity index (χ2v) is 8.09. The third kappa shape index (κ3) is 4.27. The molecular formula is C18H20N2O5S. The van der Waals surface area contributed by atoms with Gasteiger partial charge in [0.2, 0.25) is 10.0 Å². The van der Waals surface area contributed by atoms with Crippen molar-refractivity contribution in [3.05, 3.63) is 70.3 Å². The van der Waals surface area contributed by atoms with E-state index in [-0.39, 0.29) is 16.7 Å². The van der Waals surface area contributed by atoms with Gasteiger partial charge in [-0.2, -0.15) is 4.31 Å². The average molecular weight is 376 g/mol. The van der Waals surface area contributed by atoms with Crippen molar-refractivity contribution in [3.63, 3.8) is 0 Å². The van der Waals surface area contributed by atoms with Crippen LogP contribution in [0.25, 0.3) is 0 Å². The van der Waals surface area contributed by atoms with Crippen molar-refractivity contribution in [2.75, 3.05) is 13.1 Å². The molecule has 0 saturated carbocycles. The highest BCUT2D eigenvalue weighted by atomic mass is 32.2. The zero-order chi connectivity index (χ0) is 18.6. The van der Waals surface area contributed by atoms with Gasteiger partial charge in [0.05, 0.1) is 22.5 Å². The van der Waals surface area contributed by atoms with Gasteiger partial charge in [0, 0.05) is 25.2 Å². The number of ether oxygens (including phenoxy) is 1. The van der Waals surface area contributed by atoms with Crippen LogP contribution in [-0.2, 0) is 21.4 Å². The van der Waals surface area contributed by atoms with Crippen molar-refractivity contribution in [3.8, 4) is 0 Å². The predicted octanol–water partition coefficient (Wildman–Crippen LogP) is 2.96. The zero-order valence-corrected chi connectivity index (χ0v) is 15.0. The van der Waals surface area contributed by atoms with E-state index in [0.29, 0.717) is 32.5 Å². The number of nitro benzene ring substituents is 1. The molecule has 0 radical (unpaired) electrons. The van der Waals surface area contributed by atoms with Gasteiger partial charge in [-0.3, -0.25) is 10.1 Å². The van der Waals surface area contributed by atoms with Gasteiger partial charge in [0.1, 0.15) is 0 Å². The lowest BCUT2D eigenvalue weighted by Crippen LogP contribution is -2.40. The van der Waals surface area contributed by atoms with E-state index < -0.39 is 14.9 Å². The molecule has 0 aliphatic carbocycles. The van der Waals surface area contributed by atoms with E-state index >= 15 is 0 Å². The Hall–Kier alpha value is -2.29. The predicted molar refractivity (Wildman–Crippen MR) is 96.1 cm³/mol. The number of rotatable bonds is 6. The first kappa shape index (κ1) is 18.5. The van der Waals surface area contributed by atoms with Crippen molar-refractivity contribution in [2.45, 2.75) is 30.4 Å². The highest BCUT2D eigenvalue weighted by Gasteiger charge is 2.30. The molecule has 0 unspecified atom stereocenters. The molecule has 2 aromatic rings. The van der Waals surface area contributed by atoms with Gasteiger partial charge in [-0.15, -0.1) is 0 Å². The zero-order valence-electron chi connectivity index (χ0n) is 14.2. The number of nitrogens with zero attached hydrogens (tertiary/aromatic N) is 2. The van der Waals surface area contributed by atoms with Crippen molar-refractivity contribution in [1.29, 1.82) is 0 Å². The minimum Gasteiger partial charge on any atom is -0.373 e. The molecule has 1 saturated heterocycles. The molecule has 0 aromatic heterocycles. The molecule has 0 spiro atoms. The molecule has 1 heterocycles. The number of non-ortho nitro benzene ring substituents is 1. The molecule has 1 aliphatic heterocycles. The van der Waals surface area contributed by atoms with Crippen LogP contribution in [0.15, 0.2) is 59.5 Å². The fraction of sp³-hybridized carbons (Fsp3) is 0.333. The third-order valence-electron chi connectivity index (χ3n) is 4.41. The quantitative estimate of drug-likeness (QED) is 0.571. The second kappa shape index (κ2) is 7.94. The number of hydrogen-bond donors (Lipinski definition) is 0. The van der Waals surface area contributed by atoms with Crippen LogP contribution in [-0.4, -0.2) is 36.8 Å². The van der Waals surface area contributed by atoms with Gasteiger partial charge >= 0.3 is 0 Å². The maximum absolute atomic E-state index is 12.7. The van der Waals surface area contributed by atoms with E-state index in [1.54, 1.807) is 0 Å². The van der Waals surface area contributed by atoms with Gasteiger partial charge < -0.3 is 4.74 Å². The van der Waals surface area contributed by atoms with Crippen LogP contribution in [0.5, 0.6) is 0 Å². The largest absolute Gasteiger partial charge is 0.373 e. The van der Waals surface area contributed by atoms with Crippen LogP contribution >= 0.6 is 0 Å². The first-order valence-corrected chi connectivity index (χ1v) is 9.81. The van der Waals surface area contributed by atoms with Gasteiger partial charge in [0.15, 0.2) is 0 Å². The molecule has 0 bridgehead atoms. The summed E-state index contributed by atoms with van der Waals surface area (Å²) >= 11 is 0. The Balaban J connectivity index is 1.57. The Morgan fingerprint density at radius 3 is 2.23 bits per heavy atom. The highest BCUT2D eigenvalue weighted by Crippen LogP contribution is 2.24. The van der Waals surface area contributed by atoms with E-state index in [1.165, 1.54) is 28.6 Å². The molecule has 1 aliphatic rings. The van der Waals surface area contributed by atoms with E-state index in [9.17, 15) is 18.5 Å². The Labute approximate surface area is 152 Å². The molecule has 3 rings (SSSR count). The minimum atomic E-state index is -3.64. The lowest BCUT2D eigenvalue weighted by atomic mass is 10.1. The van der Waals surface area contributed by atoms with E-state index in [2.05, 4.69) is 0 Å². The summed E-state index contributed by atoms with van der Waals surface area (Å²) in [4.78, 5) is 10.2. The van der Waals surface area contributed by atoms with E-state index in [1.807, 2.05) is 30.3 Å². The molecular weight excluding hydrogens is 356 g/mol. The highest BCUT2D eigenvalue weighted by molar-refractivity contribution is 7.89. The van der Waals surface area contributed by atoms with Crippen molar-refractivity contribution in [2.24, 2.45) is 0 Å². The van der Waals surface area contributed by atoms with E-state index in [4.69, 9.17) is 4.74 Å². The molecule has 0 N–H and O–H groups in total. The van der Waals surface area contributed by atoms with Gasteiger partial charge in [0.25, 0.3) is 5.69 Å². The summed E-state index contributed by atoms with van der Waals surface area (Å²) in [6.07, 6.45) is 1.27. The standard InChI is InChI=1S/C18H20N2O5S/c21-20(22)16-6-8-18(9-7-16)26(23,24)19-12-10-17(11-13-19)25-14-15-4-2-1-3-5-15/h1-9,17H,10-14H2. The smallest absolute Gasteiger partial charge is 0.269 e. The van der Waals surface area contributed by atoms with Crippen molar-refractivity contribution in [1.82, 2.24) is 4.31 Å². The monoisotopic (exact) mass is 376 g/mol. The lowest BCUT2D eigenvalue weighted by Gasteiger charge is -2.31. The number of sulfonamides is 1. The summed E-state index contributed by atoms with van der Waals surface area (Å²) in [6.45, 7) is 1.26. The van der Waals surface area contributed by atoms with Gasteiger partial charge in [-0.1, -0.05) is 30.3 Å². The summed E-state index contributed by atoms with van der Waals surface area (Å²) in [5.74, 6) is 0. The van der Waals surface area contributed by atoms with Crippen LogP contribution in [0.3, 0.4) is 0 Å². The van der Waals surface area contributed by atoms with Crippen LogP contribution in [0.4, 0.5) is 5.69 Å². The van der Waals surface area contributed by atoms with Crippen molar-refractivity contribution < 1.29 is 18.1 Å². The Morgan fingerprint density at radius 2 is 1.65 bits per heavy atom. The first-order chi connectivity index (χ1) is 12.5. The summed E-state index contributed by atoms with van der Waals surface area (Å²) in [7, 11) is -3.64. The molecule has 26 heavy (non-hydrogen) atoms. The average Bonchev–Trinajstić information content (AvgIpc) is 2.67. The summed E-state index contributed by atoms with van der Waals surface area (Å²) < 4.78 is 32.6. The SMILES string of the molecule is O=[N+]([O-])c1ccc(S(=O)(=O)N2CCC(OCc3ccccc3)CC2)cc1. The number of nitro groups is 1. The molecule has 1 fully saturated rings. The fourth-order valence-electron chi connectivity index (χ4n) is 2.92. The van der Waals surface area contributed by atoms with Crippen LogP contribution < -0.4 is 0 Å². The Bertz CT molecular complexity index is 845. The Morgan fingerprint density at radius 1 is 1.04 bits per heavy atom. The molecule has 0 atom stereocenters. The maximum Gasteiger partial charge on any atom is 0.269 e. The van der Waals surface area contributed by atoms with Crippen molar-refractivity contribution >= 4 is 15.7 Å². The summed E-state index contributed by atoms with van der Waals surface area (Å²) in [5, 5.41) is 10.7. The first-order valence-electron chi connectivity index (χ1n) is 8.37. The number of hydrogen-bond acceptors (Lipinski definition) is 5. The van der Waals surface area contributed by atoms with Gasteiger partial charge in [-0.25, -0.2) is 8.42 Å². The minimum absolute atomic E-state index is 0.0264. The topological polar surface area (TPSA) is 89.8 Å². The summed E-state index contributed by atoms with van der Waals surface area (Å²) in [5.41, 5.74) is 0.963.